The Labute approximate surface area is 170 Å². The van der Waals surface area contributed by atoms with Crippen LogP contribution in [0.15, 0.2) is 54.6 Å². The van der Waals surface area contributed by atoms with E-state index in [1.807, 2.05) is 47.4 Å². The molecule has 1 N–H and O–H groups in total. The number of carbonyl (C=O) groups excluding carboxylic acids is 2. The fourth-order valence-corrected chi connectivity index (χ4v) is 5.77. The first kappa shape index (κ1) is 19.1. The van der Waals surface area contributed by atoms with Gasteiger partial charge in [0.25, 0.3) is 0 Å². The summed E-state index contributed by atoms with van der Waals surface area (Å²) in [5.41, 5.74) is 3.17. The summed E-state index contributed by atoms with van der Waals surface area (Å²) in [5.74, 6) is 0.577. The summed E-state index contributed by atoms with van der Waals surface area (Å²) in [4.78, 5) is 27.1. The topological polar surface area (TPSA) is 49.4 Å². The highest BCUT2D eigenvalue weighted by Crippen LogP contribution is 2.54. The van der Waals surface area contributed by atoms with Gasteiger partial charge in [-0.05, 0) is 35.1 Å². The van der Waals surface area contributed by atoms with Crippen molar-refractivity contribution in [2.75, 3.05) is 11.1 Å². The lowest BCUT2D eigenvalue weighted by atomic mass is 9.87. The molecule has 4 rings (SSSR count). The third kappa shape index (κ3) is 3.22. The number of thioether (sulfide) groups is 1. The van der Waals surface area contributed by atoms with Crippen molar-refractivity contribution in [1.82, 2.24) is 4.90 Å². The van der Waals surface area contributed by atoms with E-state index in [2.05, 4.69) is 38.2 Å². The van der Waals surface area contributed by atoms with Crippen LogP contribution in [0.4, 0.5) is 5.69 Å². The monoisotopic (exact) mass is 394 g/mol. The Morgan fingerprint density at radius 3 is 2.43 bits per heavy atom. The van der Waals surface area contributed by atoms with Gasteiger partial charge in [0.1, 0.15) is 10.9 Å². The molecule has 2 aliphatic heterocycles. The zero-order chi connectivity index (χ0) is 19.9. The Kier molecular flexibility index (Phi) is 4.74. The summed E-state index contributed by atoms with van der Waals surface area (Å²) >= 11 is 1.71. The van der Waals surface area contributed by atoms with Gasteiger partial charge in [0.15, 0.2) is 0 Å². The molecule has 0 aliphatic carbocycles. The van der Waals surface area contributed by atoms with Gasteiger partial charge < -0.3 is 10.2 Å². The highest BCUT2D eigenvalue weighted by molar-refractivity contribution is 8.00. The second kappa shape index (κ2) is 6.96. The summed E-state index contributed by atoms with van der Waals surface area (Å²) < 4.78 is 0. The standard InChI is InChI=1S/C23H26N2O2S/c1-22(2,3)16-9-11-18(12-10-16)24-21(27)19-15-28-23(14-13-20(26)25(19)23)17-7-5-4-6-8-17/h4-12,19H,13-15H2,1-3H3,(H,24,27)/t19-,23+/m1/s1. The van der Waals surface area contributed by atoms with Crippen LogP contribution < -0.4 is 5.32 Å². The van der Waals surface area contributed by atoms with Gasteiger partial charge in [-0.25, -0.2) is 0 Å². The quantitative estimate of drug-likeness (QED) is 0.833. The van der Waals surface area contributed by atoms with Gasteiger partial charge in [0.2, 0.25) is 11.8 Å². The van der Waals surface area contributed by atoms with Crippen LogP contribution in [0.3, 0.4) is 0 Å². The number of hydrogen-bond donors (Lipinski definition) is 1. The highest BCUT2D eigenvalue weighted by atomic mass is 32.2. The van der Waals surface area contributed by atoms with Gasteiger partial charge in [0, 0.05) is 17.9 Å². The number of nitrogens with zero attached hydrogens (tertiary/aromatic N) is 1. The molecule has 2 heterocycles. The average Bonchev–Trinajstić information content (AvgIpc) is 3.22. The SMILES string of the molecule is CC(C)(C)c1ccc(NC(=O)[C@H]2CS[C@]3(c4ccccc4)CCC(=O)N23)cc1. The van der Waals surface area contributed by atoms with Crippen molar-refractivity contribution in [1.29, 1.82) is 0 Å². The zero-order valence-electron chi connectivity index (χ0n) is 16.6. The molecule has 0 bridgehead atoms. The van der Waals surface area contributed by atoms with E-state index in [9.17, 15) is 9.59 Å². The first-order valence-corrected chi connectivity index (χ1v) is 10.7. The minimum absolute atomic E-state index is 0.0667. The molecule has 146 valence electrons. The molecule has 2 amide bonds. The lowest BCUT2D eigenvalue weighted by Crippen LogP contribution is -2.48. The molecule has 0 radical (unpaired) electrons. The zero-order valence-corrected chi connectivity index (χ0v) is 17.4. The molecular formula is C23H26N2O2S. The van der Waals surface area contributed by atoms with Crippen LogP contribution in [0.5, 0.6) is 0 Å². The number of anilines is 1. The van der Waals surface area contributed by atoms with Gasteiger partial charge in [-0.1, -0.05) is 63.2 Å². The van der Waals surface area contributed by atoms with E-state index in [0.29, 0.717) is 12.2 Å². The number of rotatable bonds is 3. The van der Waals surface area contributed by atoms with Crippen LogP contribution in [0.1, 0.15) is 44.7 Å². The second-order valence-corrected chi connectivity index (χ2v) is 9.85. The van der Waals surface area contributed by atoms with E-state index in [1.165, 1.54) is 5.56 Å². The maximum absolute atomic E-state index is 13.0. The van der Waals surface area contributed by atoms with Crippen molar-refractivity contribution in [2.45, 2.75) is 49.9 Å². The average molecular weight is 395 g/mol. The van der Waals surface area contributed by atoms with Crippen molar-refractivity contribution in [3.63, 3.8) is 0 Å². The van der Waals surface area contributed by atoms with E-state index in [-0.39, 0.29) is 17.2 Å². The summed E-state index contributed by atoms with van der Waals surface area (Å²) in [6.45, 7) is 6.50. The molecule has 0 aromatic heterocycles. The molecule has 2 aromatic rings. The molecule has 2 aromatic carbocycles. The second-order valence-electron chi connectivity index (χ2n) is 8.56. The van der Waals surface area contributed by atoms with E-state index < -0.39 is 10.9 Å². The van der Waals surface area contributed by atoms with E-state index in [1.54, 1.807) is 11.8 Å². The molecule has 2 fully saturated rings. The van der Waals surface area contributed by atoms with Gasteiger partial charge in [-0.2, -0.15) is 0 Å². The predicted octanol–water partition coefficient (Wildman–Crippen LogP) is 4.51. The maximum atomic E-state index is 13.0. The lowest BCUT2D eigenvalue weighted by Gasteiger charge is -2.34. The molecule has 5 heteroatoms. The summed E-state index contributed by atoms with van der Waals surface area (Å²) in [6.07, 6.45) is 1.25. The molecule has 0 spiro atoms. The van der Waals surface area contributed by atoms with Crippen LogP contribution in [0.2, 0.25) is 0 Å². The summed E-state index contributed by atoms with van der Waals surface area (Å²) in [6, 6.07) is 17.6. The lowest BCUT2D eigenvalue weighted by molar-refractivity contribution is -0.136. The predicted molar refractivity (Wildman–Crippen MR) is 114 cm³/mol. The Balaban J connectivity index is 1.55. The Morgan fingerprint density at radius 1 is 1.11 bits per heavy atom. The van der Waals surface area contributed by atoms with Crippen molar-refractivity contribution in [3.8, 4) is 0 Å². The number of benzene rings is 2. The van der Waals surface area contributed by atoms with Gasteiger partial charge >= 0.3 is 0 Å². The van der Waals surface area contributed by atoms with Crippen molar-refractivity contribution in [3.05, 3.63) is 65.7 Å². The van der Waals surface area contributed by atoms with E-state index >= 15 is 0 Å². The number of carbonyl (C=O) groups is 2. The van der Waals surface area contributed by atoms with E-state index in [0.717, 1.165) is 17.7 Å². The van der Waals surface area contributed by atoms with Gasteiger partial charge in [0.05, 0.1) is 0 Å². The summed E-state index contributed by atoms with van der Waals surface area (Å²) in [5, 5.41) is 3.02. The Bertz CT molecular complexity index is 889. The number of amides is 2. The van der Waals surface area contributed by atoms with Crippen molar-refractivity contribution < 1.29 is 9.59 Å². The van der Waals surface area contributed by atoms with Crippen LogP contribution in [0, 0.1) is 0 Å². The Morgan fingerprint density at radius 2 is 1.79 bits per heavy atom. The minimum Gasteiger partial charge on any atom is -0.324 e. The molecule has 4 nitrogen and oxygen atoms in total. The molecule has 28 heavy (non-hydrogen) atoms. The van der Waals surface area contributed by atoms with Crippen LogP contribution in [-0.2, 0) is 19.9 Å². The highest BCUT2D eigenvalue weighted by Gasteiger charge is 2.56. The van der Waals surface area contributed by atoms with Gasteiger partial charge in [-0.3, -0.25) is 9.59 Å². The molecule has 0 saturated carbocycles. The minimum atomic E-state index is -0.442. The molecule has 0 unspecified atom stereocenters. The Hall–Kier alpha value is -2.27. The van der Waals surface area contributed by atoms with Gasteiger partial charge in [-0.15, -0.1) is 11.8 Å². The van der Waals surface area contributed by atoms with Crippen LogP contribution in [0.25, 0.3) is 0 Å². The third-order valence-corrected chi connectivity index (χ3v) is 7.27. The first-order chi connectivity index (χ1) is 13.3. The largest absolute Gasteiger partial charge is 0.324 e. The third-order valence-electron chi connectivity index (χ3n) is 5.67. The number of hydrogen-bond acceptors (Lipinski definition) is 3. The van der Waals surface area contributed by atoms with Crippen molar-refractivity contribution in [2.24, 2.45) is 0 Å². The normalized spacial score (nSPS) is 24.3. The van der Waals surface area contributed by atoms with Crippen molar-refractivity contribution >= 4 is 29.3 Å². The molecule has 2 atom stereocenters. The molecule has 2 aliphatic rings. The molecular weight excluding hydrogens is 368 g/mol. The fourth-order valence-electron chi connectivity index (χ4n) is 4.11. The molecule has 2 saturated heterocycles. The summed E-state index contributed by atoms with van der Waals surface area (Å²) in [7, 11) is 0. The number of fused-ring (bicyclic) bond motifs is 1. The maximum Gasteiger partial charge on any atom is 0.248 e. The van der Waals surface area contributed by atoms with E-state index in [4.69, 9.17) is 0 Å². The first-order valence-electron chi connectivity index (χ1n) is 9.74. The smallest absolute Gasteiger partial charge is 0.248 e. The van der Waals surface area contributed by atoms with Crippen LogP contribution in [-0.4, -0.2) is 28.5 Å². The fraction of sp³-hybridized carbons (Fsp3) is 0.391. The van der Waals surface area contributed by atoms with Crippen LogP contribution >= 0.6 is 11.8 Å². The number of nitrogens with one attached hydrogen (secondary N) is 1.